The molecule has 0 aliphatic heterocycles. The van der Waals surface area contributed by atoms with E-state index in [1.165, 1.54) is 17.5 Å². The van der Waals surface area contributed by atoms with Crippen LogP contribution in [0.1, 0.15) is 61.6 Å². The van der Waals surface area contributed by atoms with Crippen LogP contribution in [0.4, 0.5) is 0 Å². The molecule has 3 aliphatic rings. The molecule has 5 atom stereocenters. The van der Waals surface area contributed by atoms with Crippen molar-refractivity contribution in [2.75, 3.05) is 0 Å². The van der Waals surface area contributed by atoms with Crippen LogP contribution in [0.25, 0.3) is 6.08 Å². The Bertz CT molecular complexity index is 902. The molecule has 2 fully saturated rings. The van der Waals surface area contributed by atoms with Crippen LogP contribution in [-0.4, -0.2) is 15.8 Å². The smallest absolute Gasteiger partial charge is 0.115 e. The average molecular weight is 375 g/mol. The fourth-order valence-corrected chi connectivity index (χ4v) is 6.69. The van der Waals surface area contributed by atoms with Gasteiger partial charge in [-0.2, -0.15) is 0 Å². The first-order valence-electron chi connectivity index (χ1n) is 10.8. The zero-order valence-corrected chi connectivity index (χ0v) is 16.6. The quantitative estimate of drug-likeness (QED) is 0.708. The molecule has 0 saturated heterocycles. The SMILES string of the molecule is CC12CCC3c4ccc(O)cc4CCC3C1CCC2(O)/C=C/c1ccccc1. The predicted octanol–water partition coefficient (Wildman–Crippen LogP) is 5.69. The summed E-state index contributed by atoms with van der Waals surface area (Å²) in [5.74, 6) is 2.19. The minimum atomic E-state index is -0.715. The van der Waals surface area contributed by atoms with Gasteiger partial charge in [0.25, 0.3) is 0 Å². The zero-order chi connectivity index (χ0) is 19.4. The van der Waals surface area contributed by atoms with Crippen LogP contribution >= 0.6 is 0 Å². The maximum atomic E-state index is 11.7. The lowest BCUT2D eigenvalue weighted by atomic mass is 9.53. The van der Waals surface area contributed by atoms with Gasteiger partial charge in [-0.25, -0.2) is 0 Å². The topological polar surface area (TPSA) is 40.5 Å². The maximum absolute atomic E-state index is 11.7. The van der Waals surface area contributed by atoms with E-state index >= 15 is 0 Å². The summed E-state index contributed by atoms with van der Waals surface area (Å²) in [5.41, 5.74) is 3.18. The number of aromatic hydroxyl groups is 1. The number of rotatable bonds is 2. The number of aliphatic hydroxyl groups is 1. The second-order valence-electron chi connectivity index (χ2n) is 9.46. The molecule has 146 valence electrons. The molecule has 0 amide bonds. The van der Waals surface area contributed by atoms with Gasteiger partial charge in [-0.1, -0.05) is 55.5 Å². The van der Waals surface area contributed by atoms with E-state index in [-0.39, 0.29) is 5.41 Å². The van der Waals surface area contributed by atoms with E-state index < -0.39 is 5.60 Å². The zero-order valence-electron chi connectivity index (χ0n) is 16.6. The molecule has 2 saturated carbocycles. The van der Waals surface area contributed by atoms with Gasteiger partial charge in [-0.15, -0.1) is 0 Å². The van der Waals surface area contributed by atoms with Gasteiger partial charge in [0.15, 0.2) is 0 Å². The highest BCUT2D eigenvalue weighted by atomic mass is 16.3. The fourth-order valence-electron chi connectivity index (χ4n) is 6.69. The molecule has 0 radical (unpaired) electrons. The number of benzene rings is 2. The monoisotopic (exact) mass is 374 g/mol. The first kappa shape index (κ1) is 18.0. The number of hydrogen-bond acceptors (Lipinski definition) is 2. The molecule has 2 aromatic carbocycles. The molecule has 0 aromatic heterocycles. The highest BCUT2D eigenvalue weighted by molar-refractivity contribution is 5.51. The van der Waals surface area contributed by atoms with Gasteiger partial charge >= 0.3 is 0 Å². The normalized spacial score (nSPS) is 36.7. The molecule has 5 unspecified atom stereocenters. The van der Waals surface area contributed by atoms with Gasteiger partial charge in [0, 0.05) is 5.41 Å². The third kappa shape index (κ3) is 2.65. The Hall–Kier alpha value is -2.06. The van der Waals surface area contributed by atoms with E-state index in [9.17, 15) is 10.2 Å². The lowest BCUT2D eigenvalue weighted by Gasteiger charge is -2.52. The van der Waals surface area contributed by atoms with Crippen molar-refractivity contribution in [3.05, 3.63) is 71.3 Å². The summed E-state index contributed by atoms with van der Waals surface area (Å²) in [6.45, 7) is 2.34. The Morgan fingerprint density at radius 3 is 2.64 bits per heavy atom. The third-order valence-corrected chi connectivity index (χ3v) is 8.28. The lowest BCUT2D eigenvalue weighted by molar-refractivity contribution is -0.0705. The van der Waals surface area contributed by atoms with Crippen molar-refractivity contribution in [1.29, 1.82) is 0 Å². The predicted molar refractivity (Wildman–Crippen MR) is 113 cm³/mol. The number of fused-ring (bicyclic) bond motifs is 5. The van der Waals surface area contributed by atoms with Crippen LogP contribution in [0.5, 0.6) is 5.75 Å². The number of phenols is 1. The van der Waals surface area contributed by atoms with Crippen molar-refractivity contribution < 1.29 is 10.2 Å². The Balaban J connectivity index is 1.44. The average Bonchev–Trinajstić information content (AvgIpc) is 2.98. The van der Waals surface area contributed by atoms with Crippen LogP contribution in [0.3, 0.4) is 0 Å². The Labute approximate surface area is 167 Å². The number of hydrogen-bond donors (Lipinski definition) is 2. The fraction of sp³-hybridized carbons (Fsp3) is 0.462. The Kier molecular flexibility index (Phi) is 4.17. The van der Waals surface area contributed by atoms with Crippen LogP contribution < -0.4 is 0 Å². The molecule has 28 heavy (non-hydrogen) atoms. The molecule has 2 nitrogen and oxygen atoms in total. The minimum absolute atomic E-state index is 0.0477. The van der Waals surface area contributed by atoms with Gasteiger partial charge in [0.2, 0.25) is 0 Å². The van der Waals surface area contributed by atoms with Crippen LogP contribution in [0, 0.1) is 17.3 Å². The molecule has 5 rings (SSSR count). The summed E-state index contributed by atoms with van der Waals surface area (Å²) >= 11 is 0. The standard InChI is InChI=1S/C26H30O2/c1-25-14-12-22-21-10-8-20(27)17-19(21)7-9-23(22)24(25)13-16-26(25,28)15-11-18-5-3-2-4-6-18/h2-6,8,10-11,15,17,22-24,27-28H,7,9,12-14,16H2,1H3/b15-11+. The molecule has 2 aromatic rings. The van der Waals surface area contributed by atoms with Crippen molar-refractivity contribution in [3.63, 3.8) is 0 Å². The lowest BCUT2D eigenvalue weighted by Crippen LogP contribution is -2.49. The van der Waals surface area contributed by atoms with Gasteiger partial charge < -0.3 is 10.2 Å². The van der Waals surface area contributed by atoms with Gasteiger partial charge in [0.1, 0.15) is 5.75 Å². The highest BCUT2D eigenvalue weighted by Gasteiger charge is 2.60. The van der Waals surface area contributed by atoms with Gasteiger partial charge in [-0.3, -0.25) is 0 Å². The summed E-state index contributed by atoms with van der Waals surface area (Å²) in [6, 6.07) is 16.3. The minimum Gasteiger partial charge on any atom is -0.508 e. The summed E-state index contributed by atoms with van der Waals surface area (Å²) in [6.07, 6.45) is 10.6. The van der Waals surface area contributed by atoms with E-state index in [4.69, 9.17) is 0 Å². The van der Waals surface area contributed by atoms with Crippen LogP contribution in [0.15, 0.2) is 54.6 Å². The first-order valence-corrected chi connectivity index (χ1v) is 10.8. The summed E-state index contributed by atoms with van der Waals surface area (Å²) in [7, 11) is 0. The van der Waals surface area contributed by atoms with Crippen molar-refractivity contribution in [2.45, 2.75) is 57.0 Å². The third-order valence-electron chi connectivity index (χ3n) is 8.28. The molecule has 3 aliphatic carbocycles. The van der Waals surface area contributed by atoms with E-state index in [1.807, 2.05) is 30.3 Å². The molecule has 2 heteroatoms. The molecular formula is C26H30O2. The number of phenolic OH excluding ortho intramolecular Hbond substituents is 1. The van der Waals surface area contributed by atoms with Crippen LogP contribution in [-0.2, 0) is 6.42 Å². The molecule has 0 bridgehead atoms. The van der Waals surface area contributed by atoms with Crippen molar-refractivity contribution >= 4 is 6.08 Å². The maximum Gasteiger partial charge on any atom is 0.115 e. The van der Waals surface area contributed by atoms with Crippen molar-refractivity contribution in [3.8, 4) is 5.75 Å². The summed E-state index contributed by atoms with van der Waals surface area (Å²) in [5, 5.41) is 21.6. The number of aryl methyl sites for hydroxylation is 1. The van der Waals surface area contributed by atoms with E-state index in [1.54, 1.807) is 0 Å². The van der Waals surface area contributed by atoms with E-state index in [0.717, 1.165) is 37.7 Å². The largest absolute Gasteiger partial charge is 0.508 e. The van der Waals surface area contributed by atoms with Crippen LogP contribution in [0.2, 0.25) is 0 Å². The molecule has 0 heterocycles. The molecule has 2 N–H and O–H groups in total. The van der Waals surface area contributed by atoms with Gasteiger partial charge in [-0.05, 0) is 85.1 Å². The van der Waals surface area contributed by atoms with Crippen molar-refractivity contribution in [1.82, 2.24) is 0 Å². The summed E-state index contributed by atoms with van der Waals surface area (Å²) in [4.78, 5) is 0. The first-order chi connectivity index (χ1) is 13.5. The second kappa shape index (κ2) is 6.49. The van der Waals surface area contributed by atoms with E-state index in [2.05, 4.69) is 37.3 Å². The molecular weight excluding hydrogens is 344 g/mol. The molecule has 0 spiro atoms. The highest BCUT2D eigenvalue weighted by Crippen LogP contribution is 2.64. The van der Waals surface area contributed by atoms with Crippen molar-refractivity contribution in [2.24, 2.45) is 17.3 Å². The van der Waals surface area contributed by atoms with E-state index in [0.29, 0.717) is 23.5 Å². The Morgan fingerprint density at radius 1 is 1.00 bits per heavy atom. The van der Waals surface area contributed by atoms with Gasteiger partial charge in [0.05, 0.1) is 5.60 Å². The Morgan fingerprint density at radius 2 is 1.82 bits per heavy atom. The second-order valence-corrected chi connectivity index (χ2v) is 9.46. The summed E-state index contributed by atoms with van der Waals surface area (Å²) < 4.78 is 0.